The number of hydrogen-bond donors (Lipinski definition) is 1. The summed E-state index contributed by atoms with van der Waals surface area (Å²) in [7, 11) is 1.57. The average Bonchev–Trinajstić information content (AvgIpc) is 2.03. The van der Waals surface area contributed by atoms with E-state index in [1.54, 1.807) is 25.3 Å². The van der Waals surface area contributed by atoms with Crippen molar-refractivity contribution in [2.45, 2.75) is 20.0 Å². The molecule has 0 aromatic heterocycles. The summed E-state index contributed by atoms with van der Waals surface area (Å²) in [5.74, 6) is 1.38. The van der Waals surface area contributed by atoms with Crippen LogP contribution in [0.15, 0.2) is 18.2 Å². The molecule has 0 amide bonds. The number of phenolic OH excluding ortho intramolecular Hbond substituents is 1. The first-order valence-electron chi connectivity index (χ1n) is 4.17. The maximum absolute atomic E-state index is 9.21. The van der Waals surface area contributed by atoms with Gasteiger partial charge in [-0.25, -0.2) is 0 Å². The van der Waals surface area contributed by atoms with Gasteiger partial charge in [0.2, 0.25) is 0 Å². The lowest BCUT2D eigenvalue weighted by molar-refractivity contribution is 0.229. The molecule has 1 aromatic carbocycles. The zero-order valence-electron chi connectivity index (χ0n) is 8.07. The molecule has 3 heteroatoms. The van der Waals surface area contributed by atoms with Crippen LogP contribution in [0.3, 0.4) is 0 Å². The van der Waals surface area contributed by atoms with Gasteiger partial charge in [-0.2, -0.15) is 0 Å². The standard InChI is InChI=1S/C10H14O3/c1-7(2)13-10-6-8(11)4-5-9(10)12-3/h4-7,11H,1-3H3. The molecule has 0 atom stereocenters. The summed E-state index contributed by atoms with van der Waals surface area (Å²) in [6.45, 7) is 3.84. The van der Waals surface area contributed by atoms with Crippen LogP contribution in [-0.2, 0) is 0 Å². The molecule has 0 radical (unpaired) electrons. The van der Waals surface area contributed by atoms with Crippen LogP contribution in [0.25, 0.3) is 0 Å². The maximum atomic E-state index is 9.21. The molecule has 0 spiro atoms. The van der Waals surface area contributed by atoms with Gasteiger partial charge in [0.05, 0.1) is 13.2 Å². The van der Waals surface area contributed by atoms with Crippen LogP contribution in [0.4, 0.5) is 0 Å². The van der Waals surface area contributed by atoms with Gasteiger partial charge in [-0.1, -0.05) is 0 Å². The van der Waals surface area contributed by atoms with Crippen molar-refractivity contribution >= 4 is 0 Å². The number of phenols is 1. The minimum Gasteiger partial charge on any atom is -0.508 e. The van der Waals surface area contributed by atoms with Crippen LogP contribution < -0.4 is 9.47 Å². The minimum absolute atomic E-state index is 0.0655. The first-order chi connectivity index (χ1) is 6.13. The highest BCUT2D eigenvalue weighted by atomic mass is 16.5. The van der Waals surface area contributed by atoms with Crippen LogP contribution >= 0.6 is 0 Å². The fourth-order valence-electron chi connectivity index (χ4n) is 1.01. The van der Waals surface area contributed by atoms with Crippen molar-refractivity contribution in [1.29, 1.82) is 0 Å². The molecule has 1 aromatic rings. The van der Waals surface area contributed by atoms with Gasteiger partial charge >= 0.3 is 0 Å². The van der Waals surface area contributed by atoms with E-state index in [2.05, 4.69) is 0 Å². The van der Waals surface area contributed by atoms with E-state index in [1.807, 2.05) is 13.8 Å². The highest BCUT2D eigenvalue weighted by molar-refractivity contribution is 5.44. The molecule has 13 heavy (non-hydrogen) atoms. The lowest BCUT2D eigenvalue weighted by Gasteiger charge is -2.13. The Balaban J connectivity index is 2.94. The Morgan fingerprint density at radius 1 is 1.23 bits per heavy atom. The van der Waals surface area contributed by atoms with Crippen LogP contribution in [0, 0.1) is 0 Å². The monoisotopic (exact) mass is 182 g/mol. The molecule has 72 valence electrons. The van der Waals surface area contributed by atoms with Crippen molar-refractivity contribution in [3.05, 3.63) is 18.2 Å². The van der Waals surface area contributed by atoms with Crippen molar-refractivity contribution < 1.29 is 14.6 Å². The summed E-state index contributed by atoms with van der Waals surface area (Å²) in [5.41, 5.74) is 0. The fourth-order valence-corrected chi connectivity index (χ4v) is 1.01. The SMILES string of the molecule is COc1ccc(O)cc1OC(C)C. The van der Waals surface area contributed by atoms with E-state index in [1.165, 1.54) is 0 Å². The Morgan fingerprint density at radius 2 is 1.92 bits per heavy atom. The average molecular weight is 182 g/mol. The molecule has 0 bridgehead atoms. The predicted octanol–water partition coefficient (Wildman–Crippen LogP) is 2.19. The van der Waals surface area contributed by atoms with Gasteiger partial charge in [-0.15, -0.1) is 0 Å². The third-order valence-electron chi connectivity index (χ3n) is 1.51. The lowest BCUT2D eigenvalue weighted by atomic mass is 10.3. The van der Waals surface area contributed by atoms with E-state index in [4.69, 9.17) is 9.47 Å². The van der Waals surface area contributed by atoms with Gasteiger partial charge in [0.25, 0.3) is 0 Å². The summed E-state index contributed by atoms with van der Waals surface area (Å²) >= 11 is 0. The Kier molecular flexibility index (Phi) is 3.01. The van der Waals surface area contributed by atoms with E-state index in [9.17, 15) is 5.11 Å². The van der Waals surface area contributed by atoms with E-state index < -0.39 is 0 Å². The third-order valence-corrected chi connectivity index (χ3v) is 1.51. The topological polar surface area (TPSA) is 38.7 Å². The molecule has 0 saturated heterocycles. The first-order valence-corrected chi connectivity index (χ1v) is 4.17. The fraction of sp³-hybridized carbons (Fsp3) is 0.400. The van der Waals surface area contributed by atoms with E-state index in [-0.39, 0.29) is 11.9 Å². The van der Waals surface area contributed by atoms with Crippen molar-refractivity contribution in [3.63, 3.8) is 0 Å². The largest absolute Gasteiger partial charge is 0.508 e. The van der Waals surface area contributed by atoms with Crippen molar-refractivity contribution in [2.75, 3.05) is 7.11 Å². The van der Waals surface area contributed by atoms with E-state index in [0.717, 1.165) is 0 Å². The van der Waals surface area contributed by atoms with E-state index in [0.29, 0.717) is 11.5 Å². The number of ether oxygens (including phenoxy) is 2. The summed E-state index contributed by atoms with van der Waals surface area (Å²) in [4.78, 5) is 0. The number of methoxy groups -OCH3 is 1. The molecule has 0 fully saturated rings. The van der Waals surface area contributed by atoms with Crippen molar-refractivity contribution in [2.24, 2.45) is 0 Å². The van der Waals surface area contributed by atoms with E-state index >= 15 is 0 Å². The second-order valence-electron chi connectivity index (χ2n) is 3.00. The highest BCUT2D eigenvalue weighted by Gasteiger charge is 2.06. The molecule has 1 rings (SSSR count). The predicted molar refractivity (Wildman–Crippen MR) is 50.4 cm³/mol. The van der Waals surface area contributed by atoms with Gasteiger partial charge in [0, 0.05) is 6.07 Å². The molecule has 3 nitrogen and oxygen atoms in total. The Morgan fingerprint density at radius 3 is 2.46 bits per heavy atom. The van der Waals surface area contributed by atoms with Crippen LogP contribution in [0.1, 0.15) is 13.8 Å². The van der Waals surface area contributed by atoms with Gasteiger partial charge in [0.15, 0.2) is 11.5 Å². The maximum Gasteiger partial charge on any atom is 0.165 e. The summed E-state index contributed by atoms with van der Waals surface area (Å²) in [6.07, 6.45) is 0.0655. The van der Waals surface area contributed by atoms with Gasteiger partial charge in [0.1, 0.15) is 5.75 Å². The molecule has 0 saturated carbocycles. The second-order valence-corrected chi connectivity index (χ2v) is 3.00. The molecule has 0 aliphatic carbocycles. The number of aromatic hydroxyl groups is 1. The normalized spacial score (nSPS) is 10.2. The molecule has 1 N–H and O–H groups in total. The number of hydrogen-bond acceptors (Lipinski definition) is 3. The van der Waals surface area contributed by atoms with Crippen LogP contribution in [-0.4, -0.2) is 18.3 Å². The van der Waals surface area contributed by atoms with Crippen molar-refractivity contribution in [1.82, 2.24) is 0 Å². The molecule has 0 unspecified atom stereocenters. The molecule has 0 aliphatic heterocycles. The Hall–Kier alpha value is -1.38. The first kappa shape index (κ1) is 9.71. The smallest absolute Gasteiger partial charge is 0.165 e. The Labute approximate surface area is 77.9 Å². The zero-order valence-corrected chi connectivity index (χ0v) is 8.07. The summed E-state index contributed by atoms with van der Waals surface area (Å²) in [6, 6.07) is 4.78. The minimum atomic E-state index is 0.0655. The van der Waals surface area contributed by atoms with Crippen LogP contribution in [0.2, 0.25) is 0 Å². The molecular formula is C10H14O3. The van der Waals surface area contributed by atoms with Gasteiger partial charge in [-0.05, 0) is 26.0 Å². The molecule has 0 aliphatic rings. The quantitative estimate of drug-likeness (QED) is 0.778. The van der Waals surface area contributed by atoms with Crippen LogP contribution in [0.5, 0.6) is 17.2 Å². The van der Waals surface area contributed by atoms with Gasteiger partial charge < -0.3 is 14.6 Å². The summed E-state index contributed by atoms with van der Waals surface area (Å²) < 4.78 is 10.5. The highest BCUT2D eigenvalue weighted by Crippen LogP contribution is 2.31. The van der Waals surface area contributed by atoms with Crippen molar-refractivity contribution in [3.8, 4) is 17.2 Å². The Bertz CT molecular complexity index is 281. The zero-order chi connectivity index (χ0) is 9.84. The number of rotatable bonds is 3. The third kappa shape index (κ3) is 2.54. The lowest BCUT2D eigenvalue weighted by Crippen LogP contribution is -2.06. The summed E-state index contributed by atoms with van der Waals surface area (Å²) in [5, 5.41) is 9.21. The van der Waals surface area contributed by atoms with Gasteiger partial charge in [-0.3, -0.25) is 0 Å². The second kappa shape index (κ2) is 4.03. The molecular weight excluding hydrogens is 168 g/mol. The molecule has 0 heterocycles. The number of benzene rings is 1.